The maximum Gasteiger partial charge on any atom is 0.339 e. The van der Waals surface area contributed by atoms with Crippen molar-refractivity contribution >= 4 is 17.7 Å². The zero-order valence-corrected chi connectivity index (χ0v) is 9.64. The van der Waals surface area contributed by atoms with Gasteiger partial charge in [-0.25, -0.2) is 9.59 Å². The van der Waals surface area contributed by atoms with Gasteiger partial charge in [-0.15, -0.1) is 0 Å². The van der Waals surface area contributed by atoms with Crippen molar-refractivity contribution in [1.82, 2.24) is 5.32 Å². The van der Waals surface area contributed by atoms with Crippen molar-refractivity contribution in [1.29, 1.82) is 0 Å². The van der Waals surface area contributed by atoms with Crippen LogP contribution < -0.4 is 10.6 Å². The third-order valence-electron chi connectivity index (χ3n) is 2.93. The molecule has 0 unspecified atom stereocenters. The summed E-state index contributed by atoms with van der Waals surface area (Å²) in [5.74, 6) is -1.58. The van der Waals surface area contributed by atoms with Gasteiger partial charge in [-0.3, -0.25) is 0 Å². The van der Waals surface area contributed by atoms with Crippen LogP contribution in [0, 0.1) is 0 Å². The SMILES string of the molecule is O=C(Nc1ccc(C(=O)O)c(O)c1)NC1CCC1. The molecule has 0 aromatic heterocycles. The van der Waals surface area contributed by atoms with Gasteiger partial charge in [0.1, 0.15) is 11.3 Å². The Morgan fingerprint density at radius 3 is 2.50 bits per heavy atom. The Labute approximate surface area is 104 Å². The average molecular weight is 250 g/mol. The highest BCUT2D eigenvalue weighted by Gasteiger charge is 2.19. The van der Waals surface area contributed by atoms with E-state index in [0.717, 1.165) is 19.3 Å². The summed E-state index contributed by atoms with van der Waals surface area (Å²) in [4.78, 5) is 22.2. The number of amides is 2. The Balaban J connectivity index is 1.98. The molecule has 1 saturated carbocycles. The van der Waals surface area contributed by atoms with Crippen LogP contribution in [-0.4, -0.2) is 28.3 Å². The van der Waals surface area contributed by atoms with Crippen LogP contribution >= 0.6 is 0 Å². The van der Waals surface area contributed by atoms with Gasteiger partial charge in [0.2, 0.25) is 0 Å². The second-order valence-corrected chi connectivity index (χ2v) is 4.26. The molecule has 2 amide bonds. The summed E-state index contributed by atoms with van der Waals surface area (Å²) < 4.78 is 0. The van der Waals surface area contributed by atoms with Crippen molar-refractivity contribution in [2.45, 2.75) is 25.3 Å². The molecule has 1 aliphatic rings. The highest BCUT2D eigenvalue weighted by atomic mass is 16.4. The van der Waals surface area contributed by atoms with Gasteiger partial charge in [0.15, 0.2) is 0 Å². The van der Waals surface area contributed by atoms with E-state index < -0.39 is 5.97 Å². The number of carbonyl (C=O) groups excluding carboxylic acids is 1. The Bertz CT molecular complexity index is 483. The molecule has 1 fully saturated rings. The summed E-state index contributed by atoms with van der Waals surface area (Å²) in [6, 6.07) is 3.77. The summed E-state index contributed by atoms with van der Waals surface area (Å²) in [5, 5.41) is 23.5. The molecule has 0 aliphatic heterocycles. The summed E-state index contributed by atoms with van der Waals surface area (Å²) in [6.45, 7) is 0. The topological polar surface area (TPSA) is 98.7 Å². The van der Waals surface area contributed by atoms with Crippen molar-refractivity contribution in [3.05, 3.63) is 23.8 Å². The van der Waals surface area contributed by atoms with Crippen LogP contribution in [-0.2, 0) is 0 Å². The summed E-state index contributed by atoms with van der Waals surface area (Å²) >= 11 is 0. The number of benzene rings is 1. The van der Waals surface area contributed by atoms with Gasteiger partial charge in [-0.05, 0) is 31.4 Å². The van der Waals surface area contributed by atoms with Crippen LogP contribution in [0.2, 0.25) is 0 Å². The minimum absolute atomic E-state index is 0.194. The lowest BCUT2D eigenvalue weighted by Gasteiger charge is -2.26. The molecule has 96 valence electrons. The number of urea groups is 1. The molecule has 0 saturated heterocycles. The molecule has 6 heteroatoms. The van der Waals surface area contributed by atoms with E-state index in [1.54, 1.807) is 0 Å². The number of anilines is 1. The van der Waals surface area contributed by atoms with Crippen LogP contribution in [0.3, 0.4) is 0 Å². The molecule has 6 nitrogen and oxygen atoms in total. The highest BCUT2D eigenvalue weighted by Crippen LogP contribution is 2.22. The summed E-state index contributed by atoms with van der Waals surface area (Å²) in [5.41, 5.74) is 0.161. The minimum Gasteiger partial charge on any atom is -0.507 e. The van der Waals surface area contributed by atoms with Crippen LogP contribution in [0.4, 0.5) is 10.5 Å². The van der Waals surface area contributed by atoms with Crippen molar-refractivity contribution < 1.29 is 19.8 Å². The fourth-order valence-electron chi connectivity index (χ4n) is 1.70. The molecule has 1 aliphatic carbocycles. The second-order valence-electron chi connectivity index (χ2n) is 4.26. The number of hydrogen-bond acceptors (Lipinski definition) is 3. The molecule has 0 radical (unpaired) electrons. The highest BCUT2D eigenvalue weighted by molar-refractivity contribution is 5.94. The van der Waals surface area contributed by atoms with E-state index in [-0.39, 0.29) is 23.4 Å². The van der Waals surface area contributed by atoms with Crippen LogP contribution in [0.1, 0.15) is 29.6 Å². The van der Waals surface area contributed by atoms with E-state index in [9.17, 15) is 14.7 Å². The molecule has 0 spiro atoms. The maximum atomic E-state index is 11.5. The molecular weight excluding hydrogens is 236 g/mol. The normalized spacial score (nSPS) is 14.7. The lowest BCUT2D eigenvalue weighted by atomic mass is 9.93. The van der Waals surface area contributed by atoms with Crippen LogP contribution in [0.15, 0.2) is 18.2 Å². The van der Waals surface area contributed by atoms with Crippen LogP contribution in [0.25, 0.3) is 0 Å². The molecule has 4 N–H and O–H groups in total. The number of hydrogen-bond donors (Lipinski definition) is 4. The molecule has 0 heterocycles. The fraction of sp³-hybridized carbons (Fsp3) is 0.333. The first-order valence-electron chi connectivity index (χ1n) is 5.70. The van der Waals surface area contributed by atoms with Gasteiger partial charge in [0.05, 0.1) is 0 Å². The zero-order chi connectivity index (χ0) is 13.1. The quantitative estimate of drug-likeness (QED) is 0.657. The Morgan fingerprint density at radius 2 is 2.00 bits per heavy atom. The lowest BCUT2D eigenvalue weighted by Crippen LogP contribution is -2.41. The van der Waals surface area contributed by atoms with Gasteiger partial charge in [-0.2, -0.15) is 0 Å². The predicted octanol–water partition coefficient (Wildman–Crippen LogP) is 1.76. The van der Waals surface area contributed by atoms with Gasteiger partial charge in [-0.1, -0.05) is 0 Å². The summed E-state index contributed by atoms with van der Waals surface area (Å²) in [6.07, 6.45) is 3.09. The molecule has 18 heavy (non-hydrogen) atoms. The van der Waals surface area contributed by atoms with Crippen molar-refractivity contribution in [2.75, 3.05) is 5.32 Å². The van der Waals surface area contributed by atoms with Crippen molar-refractivity contribution in [3.63, 3.8) is 0 Å². The Morgan fingerprint density at radius 1 is 1.28 bits per heavy atom. The fourth-order valence-corrected chi connectivity index (χ4v) is 1.70. The number of carbonyl (C=O) groups is 2. The van der Waals surface area contributed by atoms with Gasteiger partial charge in [0, 0.05) is 17.8 Å². The van der Waals surface area contributed by atoms with E-state index in [0.29, 0.717) is 5.69 Å². The Hall–Kier alpha value is -2.24. The van der Waals surface area contributed by atoms with E-state index in [4.69, 9.17) is 5.11 Å². The van der Waals surface area contributed by atoms with Gasteiger partial charge < -0.3 is 20.8 Å². The minimum atomic E-state index is -1.21. The number of aromatic hydroxyl groups is 1. The number of nitrogens with one attached hydrogen (secondary N) is 2. The number of rotatable bonds is 3. The molecule has 1 aromatic carbocycles. The van der Waals surface area contributed by atoms with Crippen LogP contribution in [0.5, 0.6) is 5.75 Å². The average Bonchev–Trinajstić information content (AvgIpc) is 2.23. The van der Waals surface area contributed by atoms with Crippen molar-refractivity contribution in [3.8, 4) is 5.75 Å². The van der Waals surface area contributed by atoms with Crippen molar-refractivity contribution in [2.24, 2.45) is 0 Å². The third-order valence-corrected chi connectivity index (χ3v) is 2.93. The van der Waals surface area contributed by atoms with Gasteiger partial charge in [0.25, 0.3) is 0 Å². The van der Waals surface area contributed by atoms with Gasteiger partial charge >= 0.3 is 12.0 Å². The first-order valence-corrected chi connectivity index (χ1v) is 5.70. The number of carboxylic acid groups (broad SMARTS) is 1. The number of phenols is 1. The lowest BCUT2D eigenvalue weighted by molar-refractivity contribution is 0.0694. The van der Waals surface area contributed by atoms with E-state index >= 15 is 0 Å². The molecule has 0 bridgehead atoms. The van der Waals surface area contributed by atoms with E-state index in [1.807, 2.05) is 0 Å². The number of aromatic carboxylic acids is 1. The molecule has 1 aromatic rings. The molecule has 0 atom stereocenters. The predicted molar refractivity (Wildman–Crippen MR) is 64.9 cm³/mol. The second kappa shape index (κ2) is 4.95. The third kappa shape index (κ3) is 2.71. The van der Waals surface area contributed by atoms with E-state index in [1.165, 1.54) is 18.2 Å². The largest absolute Gasteiger partial charge is 0.507 e. The zero-order valence-electron chi connectivity index (χ0n) is 9.64. The standard InChI is InChI=1S/C12H14N2O4/c15-10-6-8(4-5-9(10)11(16)17)14-12(18)13-7-2-1-3-7/h4-7,15H,1-3H2,(H,16,17)(H2,13,14,18). The maximum absolute atomic E-state index is 11.5. The first-order chi connectivity index (χ1) is 8.56. The first kappa shape index (κ1) is 12.2. The number of carboxylic acids is 1. The Kier molecular flexibility index (Phi) is 3.36. The smallest absolute Gasteiger partial charge is 0.339 e. The van der Waals surface area contributed by atoms with E-state index in [2.05, 4.69) is 10.6 Å². The molecule has 2 rings (SSSR count). The summed E-state index contributed by atoms with van der Waals surface area (Å²) in [7, 11) is 0. The molecular formula is C12H14N2O4. The monoisotopic (exact) mass is 250 g/mol.